The second-order valence-corrected chi connectivity index (χ2v) is 16.6. The molecule has 2 atom stereocenters. The van der Waals surface area contributed by atoms with Crippen molar-refractivity contribution in [2.45, 2.75) is 68.0 Å². The summed E-state index contributed by atoms with van der Waals surface area (Å²) < 4.78 is 10.7. The van der Waals surface area contributed by atoms with E-state index in [2.05, 4.69) is 33.9 Å². The van der Waals surface area contributed by atoms with Gasteiger partial charge in [-0.1, -0.05) is 98.7 Å². The summed E-state index contributed by atoms with van der Waals surface area (Å²) in [5.74, 6) is -0.699. The van der Waals surface area contributed by atoms with Crippen LogP contribution in [0.2, 0.25) is 18.1 Å². The molecule has 0 aromatic heterocycles. The molecule has 0 heterocycles. The maximum atomic E-state index is 13.8. The number of hydrogen-bond donors (Lipinski definition) is 0. The van der Waals surface area contributed by atoms with Gasteiger partial charge in [0.05, 0.1) is 19.3 Å². The van der Waals surface area contributed by atoms with Gasteiger partial charge in [0, 0.05) is 17.5 Å². The van der Waals surface area contributed by atoms with Gasteiger partial charge in [0.1, 0.15) is 0 Å². The van der Waals surface area contributed by atoms with Crippen molar-refractivity contribution in [3.8, 4) is 0 Å². The summed E-state index contributed by atoms with van der Waals surface area (Å²) in [6.45, 7) is 13.5. The first-order chi connectivity index (χ1) is 16.9. The number of thioether (sulfide) groups is 1. The van der Waals surface area contributed by atoms with Crippen LogP contribution in [0.5, 0.6) is 0 Å². The summed E-state index contributed by atoms with van der Waals surface area (Å²) in [6.07, 6.45) is 3.07. The van der Waals surface area contributed by atoms with E-state index in [0.717, 1.165) is 10.5 Å². The summed E-state index contributed by atoms with van der Waals surface area (Å²) in [7, 11) is -2.13. The van der Waals surface area contributed by atoms with Crippen LogP contribution in [-0.2, 0) is 25.3 Å². The predicted octanol–water partition coefficient (Wildman–Crippen LogP) is 6.88. The molecule has 2 aromatic rings. The highest BCUT2D eigenvalue weighted by atomic mass is 35.5. The van der Waals surface area contributed by atoms with Crippen LogP contribution in [0.25, 0.3) is 0 Å². The molecule has 0 aliphatic rings. The van der Waals surface area contributed by atoms with Gasteiger partial charge in [0.15, 0.2) is 13.0 Å². The zero-order valence-corrected chi connectivity index (χ0v) is 24.6. The molecule has 5 nitrogen and oxygen atoms in total. The molecular weight excluding hydrogens is 510 g/mol. The fourth-order valence-electron chi connectivity index (χ4n) is 3.08. The zero-order valence-electron chi connectivity index (χ0n) is 22.1. The molecule has 2 rings (SSSR count). The van der Waals surface area contributed by atoms with Crippen LogP contribution < -0.4 is 0 Å². The van der Waals surface area contributed by atoms with Crippen LogP contribution in [-0.4, -0.2) is 49.1 Å². The topological polar surface area (TPSA) is 55.8 Å². The Kier molecular flexibility index (Phi) is 11.8. The van der Waals surface area contributed by atoms with E-state index in [9.17, 15) is 9.59 Å². The van der Waals surface area contributed by atoms with Crippen molar-refractivity contribution in [3.05, 3.63) is 78.4 Å². The number of carbonyl (C=O) groups excluding carboxylic acids is 2. The Labute approximate surface area is 226 Å². The molecule has 36 heavy (non-hydrogen) atoms. The number of nitrogens with zero attached hydrogens (tertiary/aromatic N) is 1. The average molecular weight is 548 g/mol. The summed E-state index contributed by atoms with van der Waals surface area (Å²) in [5, 5.41) is -0.00510. The van der Waals surface area contributed by atoms with Gasteiger partial charge in [-0.05, 0) is 42.8 Å². The quantitative estimate of drug-likeness (QED) is 0.0952. The van der Waals surface area contributed by atoms with E-state index in [-0.39, 0.29) is 24.2 Å². The van der Waals surface area contributed by atoms with Crippen molar-refractivity contribution < 1.29 is 18.8 Å². The van der Waals surface area contributed by atoms with Crippen molar-refractivity contribution in [2.75, 3.05) is 13.2 Å². The van der Waals surface area contributed by atoms with Crippen molar-refractivity contribution >= 4 is 43.6 Å². The fraction of sp³-hybridized carbons (Fsp3) is 0.429. The smallest absolute Gasteiger partial charge is 0.330 e. The first-order valence-electron chi connectivity index (χ1n) is 12.1. The SMILES string of the molecule is CCOC(=O)/C=C/C(CO[Si](C)(C)C(C)(C)C)N(Cc1ccccc1)C(=O)C(Cl)Sc1ccccc1. The normalized spacial score (nSPS) is 13.9. The Morgan fingerprint density at radius 2 is 1.64 bits per heavy atom. The van der Waals surface area contributed by atoms with Crippen molar-refractivity contribution in [3.63, 3.8) is 0 Å². The second-order valence-electron chi connectivity index (χ2n) is 9.95. The van der Waals surface area contributed by atoms with Crippen molar-refractivity contribution in [1.82, 2.24) is 4.90 Å². The third-order valence-corrected chi connectivity index (χ3v) is 12.1. The fourth-order valence-corrected chi connectivity index (χ4v) is 5.32. The summed E-state index contributed by atoms with van der Waals surface area (Å²) in [6, 6.07) is 18.8. The monoisotopic (exact) mass is 547 g/mol. The summed E-state index contributed by atoms with van der Waals surface area (Å²) >= 11 is 7.96. The van der Waals surface area contributed by atoms with Crippen molar-refractivity contribution in [2.24, 2.45) is 0 Å². The number of rotatable bonds is 12. The van der Waals surface area contributed by atoms with E-state index in [4.69, 9.17) is 20.8 Å². The molecule has 0 radical (unpaired) electrons. The highest BCUT2D eigenvalue weighted by molar-refractivity contribution is 8.01. The van der Waals surface area contributed by atoms with Crippen LogP contribution >= 0.6 is 23.4 Å². The third kappa shape index (κ3) is 9.43. The lowest BCUT2D eigenvalue weighted by Gasteiger charge is -2.39. The molecule has 0 saturated heterocycles. The van der Waals surface area contributed by atoms with E-state index < -0.39 is 25.0 Å². The standard InChI is InChI=1S/C28H38ClNO4SSi/c1-7-33-25(31)19-18-23(21-34-36(5,6)28(2,3)4)30(20-22-14-10-8-11-15-22)27(32)26(29)35-24-16-12-9-13-17-24/h8-19,23,26H,7,20-21H2,1-6H3/b19-18+. The number of hydrogen-bond acceptors (Lipinski definition) is 5. The first kappa shape index (κ1) is 30.2. The lowest BCUT2D eigenvalue weighted by atomic mass is 10.1. The molecule has 0 spiro atoms. The summed E-state index contributed by atoms with van der Waals surface area (Å²) in [4.78, 5) is 28.5. The molecule has 2 aromatic carbocycles. The Morgan fingerprint density at radius 3 is 2.19 bits per heavy atom. The van der Waals surface area contributed by atoms with Gasteiger partial charge in [-0.3, -0.25) is 4.79 Å². The van der Waals surface area contributed by atoms with E-state index in [0.29, 0.717) is 6.54 Å². The lowest BCUT2D eigenvalue weighted by Crippen LogP contribution is -2.48. The number of ether oxygens (including phenoxy) is 1. The van der Waals surface area contributed by atoms with Gasteiger partial charge in [0.25, 0.3) is 5.91 Å². The van der Waals surface area contributed by atoms with Gasteiger partial charge in [0.2, 0.25) is 0 Å². The van der Waals surface area contributed by atoms with Gasteiger partial charge in [-0.25, -0.2) is 4.79 Å². The minimum Gasteiger partial charge on any atom is -0.463 e. The first-order valence-corrected chi connectivity index (χ1v) is 16.4. The molecule has 0 bridgehead atoms. The molecular formula is C28H38ClNO4SSi. The zero-order chi connectivity index (χ0) is 26.8. The molecule has 0 saturated carbocycles. The highest BCUT2D eigenvalue weighted by Gasteiger charge is 2.38. The number of amides is 1. The largest absolute Gasteiger partial charge is 0.463 e. The van der Waals surface area contributed by atoms with E-state index in [1.165, 1.54) is 17.8 Å². The van der Waals surface area contributed by atoms with Crippen molar-refractivity contribution in [1.29, 1.82) is 0 Å². The third-order valence-electron chi connectivity index (χ3n) is 6.22. The van der Waals surface area contributed by atoms with Gasteiger partial charge in [-0.2, -0.15) is 0 Å². The Hall–Kier alpha value is -2.06. The number of alkyl halides is 1. The van der Waals surface area contributed by atoms with Gasteiger partial charge in [-0.15, -0.1) is 0 Å². The number of halogens is 1. The molecule has 0 fully saturated rings. The molecule has 196 valence electrons. The molecule has 0 aliphatic carbocycles. The van der Waals surface area contributed by atoms with E-state index in [1.807, 2.05) is 60.7 Å². The Morgan fingerprint density at radius 1 is 1.06 bits per heavy atom. The second kappa shape index (κ2) is 14.0. The van der Waals surface area contributed by atoms with Crippen LogP contribution in [0, 0.1) is 0 Å². The predicted molar refractivity (Wildman–Crippen MR) is 152 cm³/mol. The highest BCUT2D eigenvalue weighted by Crippen LogP contribution is 2.37. The maximum Gasteiger partial charge on any atom is 0.330 e. The molecule has 0 N–H and O–H groups in total. The summed E-state index contributed by atoms with van der Waals surface area (Å²) in [5.41, 5.74) is 0.960. The van der Waals surface area contributed by atoms with Crippen LogP contribution in [0.4, 0.5) is 0 Å². The van der Waals surface area contributed by atoms with Crippen LogP contribution in [0.3, 0.4) is 0 Å². The van der Waals surface area contributed by atoms with E-state index in [1.54, 1.807) is 17.9 Å². The maximum absolute atomic E-state index is 13.8. The average Bonchev–Trinajstić information content (AvgIpc) is 2.83. The molecule has 8 heteroatoms. The number of carbonyl (C=O) groups is 2. The Bertz CT molecular complexity index is 996. The van der Waals surface area contributed by atoms with Crippen LogP contribution in [0.1, 0.15) is 33.3 Å². The molecule has 1 amide bonds. The minimum absolute atomic E-state index is 0.00510. The lowest BCUT2D eigenvalue weighted by molar-refractivity contribution is -0.137. The van der Waals surface area contributed by atoms with Gasteiger partial charge < -0.3 is 14.1 Å². The van der Waals surface area contributed by atoms with Crippen LogP contribution in [0.15, 0.2) is 77.7 Å². The number of esters is 1. The minimum atomic E-state index is -2.13. The molecule has 0 aliphatic heterocycles. The van der Waals surface area contributed by atoms with Gasteiger partial charge >= 0.3 is 5.97 Å². The number of benzene rings is 2. The molecule has 2 unspecified atom stereocenters. The van der Waals surface area contributed by atoms with E-state index >= 15 is 0 Å². The Balaban J connectivity index is 2.39.